The number of ether oxygens (including phenoxy) is 1. The quantitative estimate of drug-likeness (QED) is 0.755. The molecule has 3 aliphatic rings. The zero-order chi connectivity index (χ0) is 17.6. The van der Waals surface area contributed by atoms with Gasteiger partial charge in [-0.3, -0.25) is 9.59 Å². The summed E-state index contributed by atoms with van der Waals surface area (Å²) in [6, 6.07) is 5.59. The third kappa shape index (κ3) is 2.82. The molecule has 0 aromatic heterocycles. The van der Waals surface area contributed by atoms with Crippen molar-refractivity contribution in [2.75, 3.05) is 26.2 Å². The van der Waals surface area contributed by atoms with Crippen LogP contribution in [0, 0.1) is 0 Å². The zero-order valence-electron chi connectivity index (χ0n) is 13.6. The molecule has 25 heavy (non-hydrogen) atoms. The molecule has 0 saturated carbocycles. The Kier molecular flexibility index (Phi) is 4.03. The summed E-state index contributed by atoms with van der Waals surface area (Å²) in [4.78, 5) is 42.4. The number of carbonyl (C=O) groups is 3. The van der Waals surface area contributed by atoms with Gasteiger partial charge >= 0.3 is 6.09 Å². The van der Waals surface area contributed by atoms with Crippen molar-refractivity contribution in [1.29, 1.82) is 0 Å². The van der Waals surface area contributed by atoms with Gasteiger partial charge < -0.3 is 19.4 Å². The number of benzene rings is 1. The second kappa shape index (κ2) is 6.22. The Balaban J connectivity index is 1.46. The molecule has 0 spiro atoms. The maximum Gasteiger partial charge on any atom is 0.415 e. The van der Waals surface area contributed by atoms with E-state index in [1.165, 1.54) is 4.90 Å². The summed E-state index contributed by atoms with van der Waals surface area (Å²) in [7, 11) is 0. The van der Waals surface area contributed by atoms with Crippen LogP contribution in [-0.2, 0) is 9.59 Å². The normalized spacial score (nSPS) is 25.7. The smallest absolute Gasteiger partial charge is 0.410 e. The summed E-state index contributed by atoms with van der Waals surface area (Å²) in [6.07, 6.45) is 1.06. The lowest BCUT2D eigenvalue weighted by atomic mass is 10.0. The maximum atomic E-state index is 12.7. The van der Waals surface area contributed by atoms with Gasteiger partial charge in [-0.25, -0.2) is 4.79 Å². The third-order valence-corrected chi connectivity index (χ3v) is 5.30. The average molecular weight is 364 g/mol. The first-order valence-corrected chi connectivity index (χ1v) is 8.75. The predicted molar refractivity (Wildman–Crippen MR) is 89.3 cm³/mol. The highest BCUT2D eigenvalue weighted by Crippen LogP contribution is 2.29. The molecule has 8 heteroatoms. The van der Waals surface area contributed by atoms with Crippen molar-refractivity contribution in [3.05, 3.63) is 29.3 Å². The zero-order valence-corrected chi connectivity index (χ0v) is 14.3. The number of carbonyl (C=O) groups excluding carboxylic acids is 3. The minimum absolute atomic E-state index is 0.00724. The Morgan fingerprint density at radius 1 is 1.00 bits per heavy atom. The second-order valence-electron chi connectivity index (χ2n) is 6.50. The molecule has 0 N–H and O–H groups in total. The molecule has 2 atom stereocenters. The molecule has 0 radical (unpaired) electrons. The van der Waals surface area contributed by atoms with Crippen LogP contribution in [-0.4, -0.2) is 70.9 Å². The van der Waals surface area contributed by atoms with E-state index in [2.05, 4.69) is 0 Å². The Morgan fingerprint density at radius 2 is 1.68 bits per heavy atom. The van der Waals surface area contributed by atoms with Crippen LogP contribution >= 0.6 is 11.6 Å². The summed E-state index contributed by atoms with van der Waals surface area (Å²) in [5.41, 5.74) is 0. The van der Waals surface area contributed by atoms with E-state index in [-0.39, 0.29) is 24.4 Å². The van der Waals surface area contributed by atoms with Crippen LogP contribution in [0.15, 0.2) is 24.3 Å². The van der Waals surface area contributed by atoms with E-state index < -0.39 is 12.1 Å². The molecule has 1 aromatic rings. The summed E-state index contributed by atoms with van der Waals surface area (Å²) in [6.45, 7) is 1.50. The third-order valence-electron chi connectivity index (χ3n) is 5.05. The largest absolute Gasteiger partial charge is 0.415 e. The number of nitrogens with zero attached hydrogens (tertiary/aromatic N) is 3. The molecular weight excluding hydrogens is 346 g/mol. The van der Waals surface area contributed by atoms with Crippen molar-refractivity contribution in [3.63, 3.8) is 0 Å². The van der Waals surface area contributed by atoms with Gasteiger partial charge in [0.2, 0.25) is 11.8 Å². The molecule has 3 amide bonds. The predicted octanol–water partition coefficient (Wildman–Crippen LogP) is 1.36. The van der Waals surface area contributed by atoms with E-state index >= 15 is 0 Å². The van der Waals surface area contributed by atoms with Gasteiger partial charge in [0.15, 0.2) is 0 Å². The van der Waals surface area contributed by atoms with Crippen molar-refractivity contribution in [2.45, 2.75) is 24.9 Å². The number of piperazine rings is 2. The highest BCUT2D eigenvalue weighted by Gasteiger charge is 2.50. The molecule has 3 heterocycles. The van der Waals surface area contributed by atoms with E-state index in [1.807, 2.05) is 0 Å². The molecule has 1 aromatic carbocycles. The molecule has 7 nitrogen and oxygen atoms in total. The molecule has 0 unspecified atom stereocenters. The molecule has 4 rings (SSSR count). The van der Waals surface area contributed by atoms with Crippen molar-refractivity contribution < 1.29 is 19.1 Å². The molecule has 0 aliphatic carbocycles. The first-order chi connectivity index (χ1) is 12.0. The maximum absolute atomic E-state index is 12.7. The first kappa shape index (κ1) is 16.2. The Bertz CT molecular complexity index is 723. The number of fused-ring (bicyclic) bond motifs is 2. The lowest BCUT2D eigenvalue weighted by Crippen LogP contribution is -2.69. The van der Waals surface area contributed by atoms with Crippen LogP contribution in [0.1, 0.15) is 12.8 Å². The monoisotopic (exact) mass is 363 g/mol. The molecule has 3 aliphatic heterocycles. The summed E-state index contributed by atoms with van der Waals surface area (Å²) in [5.74, 6) is 0.335. The van der Waals surface area contributed by atoms with Gasteiger partial charge in [0.1, 0.15) is 17.8 Å². The van der Waals surface area contributed by atoms with Crippen molar-refractivity contribution >= 4 is 29.5 Å². The lowest BCUT2D eigenvalue weighted by molar-refractivity contribution is -0.162. The van der Waals surface area contributed by atoms with E-state index in [1.54, 1.807) is 34.1 Å². The van der Waals surface area contributed by atoms with E-state index in [0.29, 0.717) is 30.4 Å². The van der Waals surface area contributed by atoms with Gasteiger partial charge in [-0.2, -0.15) is 0 Å². The Morgan fingerprint density at radius 3 is 2.44 bits per heavy atom. The van der Waals surface area contributed by atoms with Crippen LogP contribution in [0.3, 0.4) is 0 Å². The molecule has 0 bridgehead atoms. The standard InChI is InChI=1S/C17H18ClN3O4/c18-11-3-5-12(6-4-11)25-17(24)19-8-9-21-14(10-19)16(23)20-7-1-2-13(20)15(21)22/h3-6,13-14H,1-2,7-10H2/t13-,14+/m0/s1. The summed E-state index contributed by atoms with van der Waals surface area (Å²) >= 11 is 5.82. The molecule has 132 valence electrons. The molecule has 3 saturated heterocycles. The first-order valence-electron chi connectivity index (χ1n) is 8.38. The molecular formula is C17H18ClN3O4. The summed E-state index contributed by atoms with van der Waals surface area (Å²) < 4.78 is 5.34. The van der Waals surface area contributed by atoms with Gasteiger partial charge in [0.05, 0.1) is 6.54 Å². The van der Waals surface area contributed by atoms with Gasteiger partial charge in [-0.1, -0.05) is 11.6 Å². The number of hydrogen-bond acceptors (Lipinski definition) is 4. The van der Waals surface area contributed by atoms with Crippen molar-refractivity contribution in [1.82, 2.24) is 14.7 Å². The fourth-order valence-electron chi connectivity index (χ4n) is 3.76. The lowest BCUT2D eigenvalue weighted by Gasteiger charge is -2.47. The highest BCUT2D eigenvalue weighted by atomic mass is 35.5. The van der Waals surface area contributed by atoms with Crippen molar-refractivity contribution in [3.8, 4) is 5.75 Å². The number of halogens is 1. The van der Waals surface area contributed by atoms with Crippen LogP contribution in [0.5, 0.6) is 5.75 Å². The van der Waals surface area contributed by atoms with Gasteiger partial charge in [-0.15, -0.1) is 0 Å². The SMILES string of the molecule is O=C(Oc1ccc(Cl)cc1)N1CCN2C(=O)[C@@H]3CCCN3C(=O)[C@H]2C1. The Hall–Kier alpha value is -2.28. The minimum atomic E-state index is -0.603. The Labute approximate surface area is 150 Å². The van der Waals surface area contributed by atoms with E-state index in [0.717, 1.165) is 12.8 Å². The fourth-order valence-corrected chi connectivity index (χ4v) is 3.89. The minimum Gasteiger partial charge on any atom is -0.410 e. The van der Waals surface area contributed by atoms with Crippen LogP contribution in [0.2, 0.25) is 5.02 Å². The number of rotatable bonds is 1. The highest BCUT2D eigenvalue weighted by molar-refractivity contribution is 6.30. The summed E-state index contributed by atoms with van der Waals surface area (Å²) in [5, 5.41) is 0.555. The van der Waals surface area contributed by atoms with Crippen LogP contribution < -0.4 is 4.74 Å². The van der Waals surface area contributed by atoms with E-state index in [4.69, 9.17) is 16.3 Å². The topological polar surface area (TPSA) is 70.2 Å². The number of amides is 3. The fraction of sp³-hybridized carbons (Fsp3) is 0.471. The van der Waals surface area contributed by atoms with Gasteiger partial charge in [0, 0.05) is 24.7 Å². The van der Waals surface area contributed by atoms with Gasteiger partial charge in [0.25, 0.3) is 0 Å². The number of hydrogen-bond donors (Lipinski definition) is 0. The molecule has 3 fully saturated rings. The van der Waals surface area contributed by atoms with Crippen LogP contribution in [0.25, 0.3) is 0 Å². The van der Waals surface area contributed by atoms with Crippen molar-refractivity contribution in [2.24, 2.45) is 0 Å². The van der Waals surface area contributed by atoms with Gasteiger partial charge in [-0.05, 0) is 37.1 Å². The second-order valence-corrected chi connectivity index (χ2v) is 6.94. The average Bonchev–Trinajstić information content (AvgIpc) is 3.11. The van der Waals surface area contributed by atoms with Crippen LogP contribution in [0.4, 0.5) is 4.79 Å². The van der Waals surface area contributed by atoms with E-state index in [9.17, 15) is 14.4 Å².